The van der Waals surface area contributed by atoms with Crippen molar-refractivity contribution in [1.82, 2.24) is 4.31 Å². The smallest absolute Gasteiger partial charge is 0.306 e. The molecular formula is C13H20N2O4S. The van der Waals surface area contributed by atoms with Gasteiger partial charge in [0.1, 0.15) is 4.90 Å². The molecule has 0 saturated heterocycles. The maximum Gasteiger partial charge on any atom is 0.306 e. The van der Waals surface area contributed by atoms with Crippen LogP contribution in [0.5, 0.6) is 0 Å². The zero-order valence-electron chi connectivity index (χ0n) is 11.8. The van der Waals surface area contributed by atoms with E-state index in [9.17, 15) is 13.2 Å². The van der Waals surface area contributed by atoms with Gasteiger partial charge in [0.05, 0.1) is 11.6 Å². The van der Waals surface area contributed by atoms with Crippen LogP contribution in [0.1, 0.15) is 13.3 Å². The molecule has 0 spiro atoms. The molecule has 1 unspecified atom stereocenters. The summed E-state index contributed by atoms with van der Waals surface area (Å²) in [6.07, 6.45) is 0.422. The van der Waals surface area contributed by atoms with Gasteiger partial charge < -0.3 is 10.4 Å². The first kappa shape index (κ1) is 16.5. The fourth-order valence-corrected chi connectivity index (χ4v) is 2.64. The first-order valence-corrected chi connectivity index (χ1v) is 7.69. The average Bonchev–Trinajstić information content (AvgIpc) is 2.38. The molecule has 1 aromatic carbocycles. The Morgan fingerprint density at radius 1 is 1.35 bits per heavy atom. The molecule has 0 aliphatic carbocycles. The van der Waals surface area contributed by atoms with E-state index >= 15 is 0 Å². The molecule has 1 atom stereocenters. The molecule has 20 heavy (non-hydrogen) atoms. The molecule has 0 bridgehead atoms. The molecule has 0 aromatic heterocycles. The topological polar surface area (TPSA) is 86.7 Å². The van der Waals surface area contributed by atoms with Crippen LogP contribution in [-0.4, -0.2) is 44.4 Å². The number of nitrogens with one attached hydrogen (secondary N) is 1. The van der Waals surface area contributed by atoms with Gasteiger partial charge >= 0.3 is 5.97 Å². The van der Waals surface area contributed by atoms with Crippen molar-refractivity contribution in [3.05, 3.63) is 24.3 Å². The van der Waals surface area contributed by atoms with Crippen LogP contribution in [-0.2, 0) is 14.8 Å². The number of carbonyl (C=O) groups is 1. The van der Waals surface area contributed by atoms with Crippen LogP contribution in [0.2, 0.25) is 0 Å². The molecule has 0 aliphatic rings. The molecule has 0 radical (unpaired) electrons. The zero-order valence-corrected chi connectivity index (χ0v) is 12.6. The summed E-state index contributed by atoms with van der Waals surface area (Å²) in [6.45, 7) is 2.01. The molecule has 0 amide bonds. The van der Waals surface area contributed by atoms with Gasteiger partial charge in [0.2, 0.25) is 10.0 Å². The molecule has 0 aliphatic heterocycles. The van der Waals surface area contributed by atoms with Gasteiger partial charge in [0.15, 0.2) is 0 Å². The van der Waals surface area contributed by atoms with Crippen molar-refractivity contribution in [2.45, 2.75) is 18.2 Å². The van der Waals surface area contributed by atoms with E-state index in [-0.39, 0.29) is 4.90 Å². The van der Waals surface area contributed by atoms with E-state index in [1.807, 2.05) is 0 Å². The second-order valence-electron chi connectivity index (χ2n) is 4.74. The minimum Gasteiger partial charge on any atom is -0.481 e. The molecule has 1 rings (SSSR count). The Morgan fingerprint density at radius 3 is 2.50 bits per heavy atom. The highest BCUT2D eigenvalue weighted by Crippen LogP contribution is 2.23. The number of rotatable bonds is 7. The number of hydrogen-bond donors (Lipinski definition) is 2. The van der Waals surface area contributed by atoms with E-state index in [0.29, 0.717) is 18.7 Å². The van der Waals surface area contributed by atoms with E-state index in [2.05, 4.69) is 5.32 Å². The maximum absolute atomic E-state index is 12.1. The van der Waals surface area contributed by atoms with Gasteiger partial charge in [-0.05, 0) is 18.6 Å². The van der Waals surface area contributed by atoms with Crippen LogP contribution >= 0.6 is 0 Å². The summed E-state index contributed by atoms with van der Waals surface area (Å²) in [4.78, 5) is 10.9. The number of carboxylic acids is 1. The summed E-state index contributed by atoms with van der Waals surface area (Å²) >= 11 is 0. The minimum absolute atomic E-state index is 0.188. The van der Waals surface area contributed by atoms with E-state index in [0.717, 1.165) is 4.31 Å². The van der Waals surface area contributed by atoms with Crippen LogP contribution in [0.3, 0.4) is 0 Å². The molecule has 0 saturated carbocycles. The monoisotopic (exact) mass is 300 g/mol. The van der Waals surface area contributed by atoms with Gasteiger partial charge in [-0.2, -0.15) is 0 Å². The predicted octanol–water partition coefficient (Wildman–Crippen LogP) is 1.46. The highest BCUT2D eigenvalue weighted by Gasteiger charge is 2.20. The normalized spacial score (nSPS) is 13.2. The van der Waals surface area contributed by atoms with E-state index in [4.69, 9.17) is 5.11 Å². The SMILES string of the molecule is CC(CCNc1ccccc1S(=O)(=O)N(C)C)C(=O)O. The lowest BCUT2D eigenvalue weighted by molar-refractivity contribution is -0.141. The van der Waals surface area contributed by atoms with Gasteiger partial charge in [0, 0.05) is 20.6 Å². The Balaban J connectivity index is 2.85. The van der Waals surface area contributed by atoms with Crippen LogP contribution < -0.4 is 5.32 Å². The zero-order chi connectivity index (χ0) is 15.3. The summed E-state index contributed by atoms with van der Waals surface area (Å²) in [5, 5.41) is 11.8. The van der Waals surface area contributed by atoms with Crippen molar-refractivity contribution in [2.24, 2.45) is 5.92 Å². The summed E-state index contributed by atoms with van der Waals surface area (Å²) in [6, 6.07) is 6.58. The highest BCUT2D eigenvalue weighted by atomic mass is 32.2. The number of carboxylic acid groups (broad SMARTS) is 1. The van der Waals surface area contributed by atoms with Crippen molar-refractivity contribution >= 4 is 21.7 Å². The molecular weight excluding hydrogens is 280 g/mol. The lowest BCUT2D eigenvalue weighted by atomic mass is 10.1. The fourth-order valence-electron chi connectivity index (χ4n) is 1.58. The Hall–Kier alpha value is -1.60. The first-order valence-electron chi connectivity index (χ1n) is 6.25. The number of sulfonamides is 1. The number of para-hydroxylation sites is 1. The fraction of sp³-hybridized carbons (Fsp3) is 0.462. The molecule has 112 valence electrons. The molecule has 6 nitrogen and oxygen atoms in total. The Kier molecular flexibility index (Phi) is 5.52. The third-order valence-corrected chi connectivity index (χ3v) is 4.83. The number of benzene rings is 1. The van der Waals surface area contributed by atoms with Crippen molar-refractivity contribution in [1.29, 1.82) is 0 Å². The predicted molar refractivity (Wildman–Crippen MR) is 77.2 cm³/mol. The third kappa shape index (κ3) is 3.94. The number of aliphatic carboxylic acids is 1. The van der Waals surface area contributed by atoms with Crippen LogP contribution in [0.15, 0.2) is 29.2 Å². The lowest BCUT2D eigenvalue weighted by Crippen LogP contribution is -2.23. The maximum atomic E-state index is 12.1. The lowest BCUT2D eigenvalue weighted by Gasteiger charge is -2.16. The Labute approximate surface area is 119 Å². The quantitative estimate of drug-likeness (QED) is 0.796. The van der Waals surface area contributed by atoms with Crippen molar-refractivity contribution in [3.63, 3.8) is 0 Å². The van der Waals surface area contributed by atoms with E-state index in [1.165, 1.54) is 20.2 Å². The number of anilines is 1. The molecule has 0 heterocycles. The van der Waals surface area contributed by atoms with E-state index < -0.39 is 21.9 Å². The number of nitrogens with zero attached hydrogens (tertiary/aromatic N) is 1. The van der Waals surface area contributed by atoms with Crippen molar-refractivity contribution in [3.8, 4) is 0 Å². The highest BCUT2D eigenvalue weighted by molar-refractivity contribution is 7.89. The Bertz CT molecular complexity index is 569. The van der Waals surface area contributed by atoms with Gasteiger partial charge in [-0.3, -0.25) is 4.79 Å². The standard InChI is InChI=1S/C13H20N2O4S/c1-10(13(16)17)8-9-14-11-6-4-5-7-12(11)20(18,19)15(2)3/h4-7,10,14H,8-9H2,1-3H3,(H,16,17). The van der Waals surface area contributed by atoms with Crippen LogP contribution in [0.25, 0.3) is 0 Å². The Morgan fingerprint density at radius 2 is 1.95 bits per heavy atom. The second kappa shape index (κ2) is 6.71. The minimum atomic E-state index is -3.52. The summed E-state index contributed by atoms with van der Waals surface area (Å²) in [5.74, 6) is -1.33. The van der Waals surface area contributed by atoms with Crippen LogP contribution in [0, 0.1) is 5.92 Å². The molecule has 2 N–H and O–H groups in total. The number of hydrogen-bond acceptors (Lipinski definition) is 4. The second-order valence-corrected chi connectivity index (χ2v) is 6.86. The van der Waals surface area contributed by atoms with Gasteiger partial charge in [-0.25, -0.2) is 12.7 Å². The third-order valence-electron chi connectivity index (χ3n) is 2.96. The summed E-state index contributed by atoms with van der Waals surface area (Å²) in [7, 11) is -0.578. The molecule has 0 fully saturated rings. The summed E-state index contributed by atoms with van der Waals surface area (Å²) < 4.78 is 25.4. The summed E-state index contributed by atoms with van der Waals surface area (Å²) in [5.41, 5.74) is 0.485. The van der Waals surface area contributed by atoms with Crippen molar-refractivity contribution < 1.29 is 18.3 Å². The average molecular weight is 300 g/mol. The van der Waals surface area contributed by atoms with Gasteiger partial charge in [0.25, 0.3) is 0 Å². The van der Waals surface area contributed by atoms with Gasteiger partial charge in [-0.1, -0.05) is 19.1 Å². The molecule has 7 heteroatoms. The van der Waals surface area contributed by atoms with Gasteiger partial charge in [-0.15, -0.1) is 0 Å². The van der Waals surface area contributed by atoms with Crippen LogP contribution in [0.4, 0.5) is 5.69 Å². The largest absolute Gasteiger partial charge is 0.481 e. The molecule has 1 aromatic rings. The van der Waals surface area contributed by atoms with Crippen molar-refractivity contribution in [2.75, 3.05) is 26.0 Å². The first-order chi connectivity index (χ1) is 9.26. The van der Waals surface area contributed by atoms with E-state index in [1.54, 1.807) is 25.1 Å².